The van der Waals surface area contributed by atoms with E-state index in [4.69, 9.17) is 4.74 Å². The third kappa shape index (κ3) is 4.71. The first-order chi connectivity index (χ1) is 10.2. The van der Waals surface area contributed by atoms with Crippen LogP contribution in [0.3, 0.4) is 0 Å². The molecule has 0 atom stereocenters. The summed E-state index contributed by atoms with van der Waals surface area (Å²) >= 11 is 3.38. The van der Waals surface area contributed by atoms with E-state index in [2.05, 4.69) is 36.2 Å². The molecule has 21 heavy (non-hydrogen) atoms. The highest BCUT2D eigenvalue weighted by atomic mass is 79.9. The van der Waals surface area contributed by atoms with Gasteiger partial charge in [-0.25, -0.2) is 4.79 Å². The topological polar surface area (TPSA) is 73.3 Å². The van der Waals surface area contributed by atoms with Crippen molar-refractivity contribution in [3.8, 4) is 5.75 Å². The largest absolute Gasteiger partial charge is 0.492 e. The molecule has 0 aliphatic heterocycles. The molecule has 1 aromatic heterocycles. The van der Waals surface area contributed by atoms with Crippen molar-refractivity contribution in [3.63, 3.8) is 0 Å². The van der Waals surface area contributed by atoms with E-state index in [1.54, 1.807) is 12.1 Å². The fraction of sp³-hybridized carbons (Fsp3) is 0.214. The lowest BCUT2D eigenvalue weighted by atomic mass is 10.3. The van der Waals surface area contributed by atoms with E-state index in [9.17, 15) is 4.79 Å². The molecular weight excluding hydrogens is 338 g/mol. The molecule has 0 radical (unpaired) electrons. The lowest BCUT2D eigenvalue weighted by Crippen LogP contribution is -2.13. The number of anilines is 1. The van der Waals surface area contributed by atoms with Crippen LogP contribution < -0.4 is 10.1 Å². The second-order valence-electron chi connectivity index (χ2n) is 4.03. The monoisotopic (exact) mass is 351 g/mol. The average molecular weight is 352 g/mol. The summed E-state index contributed by atoms with van der Waals surface area (Å²) in [5.74, 6) is 0.853. The maximum Gasteiger partial charge on any atom is 0.358 e. The van der Waals surface area contributed by atoms with Crippen molar-refractivity contribution in [1.29, 1.82) is 0 Å². The number of ether oxygens (including phenoxy) is 2. The summed E-state index contributed by atoms with van der Waals surface area (Å²) < 4.78 is 11.1. The zero-order chi connectivity index (χ0) is 15.1. The fourth-order valence-corrected chi connectivity index (χ4v) is 1.92. The maximum atomic E-state index is 11.2. The van der Waals surface area contributed by atoms with Gasteiger partial charge >= 0.3 is 5.97 Å². The molecule has 6 nitrogen and oxygen atoms in total. The van der Waals surface area contributed by atoms with Gasteiger partial charge in [-0.1, -0.05) is 22.0 Å². The number of rotatable bonds is 6. The molecule has 0 aliphatic carbocycles. The highest BCUT2D eigenvalue weighted by Crippen LogP contribution is 2.17. The number of methoxy groups -OCH3 is 1. The first-order valence-corrected chi connectivity index (χ1v) is 7.02. The van der Waals surface area contributed by atoms with Gasteiger partial charge in [0.25, 0.3) is 0 Å². The lowest BCUT2D eigenvalue weighted by molar-refractivity contribution is 0.0593. The summed E-state index contributed by atoms with van der Waals surface area (Å²) in [7, 11) is 1.30. The van der Waals surface area contributed by atoms with Crippen molar-refractivity contribution in [2.24, 2.45) is 0 Å². The van der Waals surface area contributed by atoms with Crippen molar-refractivity contribution in [2.45, 2.75) is 0 Å². The average Bonchev–Trinajstić information content (AvgIpc) is 2.51. The minimum absolute atomic E-state index is 0.174. The molecule has 2 rings (SSSR count). The van der Waals surface area contributed by atoms with Crippen molar-refractivity contribution >= 4 is 27.7 Å². The Morgan fingerprint density at radius 3 is 2.81 bits per heavy atom. The number of nitrogens with zero attached hydrogens (tertiary/aromatic N) is 2. The molecule has 0 bridgehead atoms. The Bertz CT molecular complexity index is 605. The van der Waals surface area contributed by atoms with Crippen LogP contribution in [0.4, 0.5) is 5.82 Å². The molecular formula is C14H14BrN3O3. The van der Waals surface area contributed by atoms with Crippen LogP contribution in [0.15, 0.2) is 40.9 Å². The minimum atomic E-state index is -0.507. The molecule has 0 saturated heterocycles. The van der Waals surface area contributed by atoms with Crippen LogP contribution in [0.1, 0.15) is 10.5 Å². The summed E-state index contributed by atoms with van der Waals surface area (Å²) in [6, 6.07) is 10.8. The smallest absolute Gasteiger partial charge is 0.358 e. The van der Waals surface area contributed by atoms with Gasteiger partial charge < -0.3 is 14.8 Å². The molecule has 1 heterocycles. The number of benzene rings is 1. The molecule has 1 aromatic carbocycles. The van der Waals surface area contributed by atoms with Crippen LogP contribution in [0.5, 0.6) is 5.75 Å². The second kappa shape index (κ2) is 7.58. The van der Waals surface area contributed by atoms with E-state index in [1.165, 1.54) is 7.11 Å². The Hall–Kier alpha value is -2.15. The number of aromatic nitrogens is 2. The van der Waals surface area contributed by atoms with Gasteiger partial charge in [0.15, 0.2) is 5.69 Å². The van der Waals surface area contributed by atoms with Gasteiger partial charge in [0.2, 0.25) is 0 Å². The van der Waals surface area contributed by atoms with E-state index in [0.29, 0.717) is 19.0 Å². The molecule has 0 unspecified atom stereocenters. The summed E-state index contributed by atoms with van der Waals surface area (Å²) in [5.41, 5.74) is 0.174. The number of carbonyl (C=O) groups is 1. The first kappa shape index (κ1) is 15.2. The third-order valence-corrected chi connectivity index (χ3v) is 3.03. The lowest BCUT2D eigenvalue weighted by Gasteiger charge is -2.08. The van der Waals surface area contributed by atoms with Crippen molar-refractivity contribution in [3.05, 3.63) is 46.6 Å². The Labute approximate surface area is 130 Å². The Morgan fingerprint density at radius 2 is 2.14 bits per heavy atom. The van der Waals surface area contributed by atoms with Crippen LogP contribution >= 0.6 is 15.9 Å². The van der Waals surface area contributed by atoms with Gasteiger partial charge in [0.05, 0.1) is 13.7 Å². The molecule has 110 valence electrons. The molecule has 1 N–H and O–H groups in total. The molecule has 0 fully saturated rings. The van der Waals surface area contributed by atoms with E-state index >= 15 is 0 Å². The van der Waals surface area contributed by atoms with E-state index in [1.807, 2.05) is 24.3 Å². The van der Waals surface area contributed by atoms with E-state index < -0.39 is 5.97 Å². The number of halogens is 1. The van der Waals surface area contributed by atoms with E-state index in [0.717, 1.165) is 10.2 Å². The number of carbonyl (C=O) groups excluding carboxylic acids is 1. The SMILES string of the molecule is COC(=O)c1ccc(NCCOc2cccc(Br)c2)nn1. The molecule has 0 aliphatic rings. The molecule has 2 aromatic rings. The first-order valence-electron chi connectivity index (χ1n) is 6.23. The summed E-state index contributed by atoms with van der Waals surface area (Å²) in [6.07, 6.45) is 0. The Kier molecular flexibility index (Phi) is 5.51. The normalized spacial score (nSPS) is 10.0. The highest BCUT2D eigenvalue weighted by Gasteiger charge is 2.07. The molecule has 0 saturated carbocycles. The zero-order valence-corrected chi connectivity index (χ0v) is 13.0. The van der Waals surface area contributed by atoms with Crippen LogP contribution in [-0.2, 0) is 4.74 Å². The van der Waals surface area contributed by atoms with Gasteiger partial charge in [-0.3, -0.25) is 0 Å². The maximum absolute atomic E-state index is 11.2. The quantitative estimate of drug-likeness (QED) is 0.636. The van der Waals surface area contributed by atoms with Crippen LogP contribution in [-0.4, -0.2) is 36.4 Å². The van der Waals surface area contributed by atoms with Crippen molar-refractivity contribution in [2.75, 3.05) is 25.6 Å². The third-order valence-electron chi connectivity index (χ3n) is 2.53. The highest BCUT2D eigenvalue weighted by molar-refractivity contribution is 9.10. The zero-order valence-electron chi connectivity index (χ0n) is 11.4. The molecule has 7 heteroatoms. The van der Waals surface area contributed by atoms with Crippen LogP contribution in [0, 0.1) is 0 Å². The number of hydrogen-bond donors (Lipinski definition) is 1. The van der Waals surface area contributed by atoms with Crippen LogP contribution in [0.2, 0.25) is 0 Å². The standard InChI is InChI=1S/C14H14BrN3O3/c1-20-14(19)12-5-6-13(18-17-12)16-7-8-21-11-4-2-3-10(15)9-11/h2-6,9H,7-8H2,1H3,(H,16,18). The minimum Gasteiger partial charge on any atom is -0.492 e. The van der Waals surface area contributed by atoms with Gasteiger partial charge in [0, 0.05) is 4.47 Å². The summed E-state index contributed by atoms with van der Waals surface area (Å²) in [5, 5.41) is 10.7. The Balaban J connectivity index is 1.77. The van der Waals surface area contributed by atoms with Crippen molar-refractivity contribution < 1.29 is 14.3 Å². The molecule has 0 spiro atoms. The number of nitrogens with one attached hydrogen (secondary N) is 1. The predicted octanol–water partition coefficient (Wildman–Crippen LogP) is 2.52. The number of hydrogen-bond acceptors (Lipinski definition) is 6. The molecule has 0 amide bonds. The second-order valence-corrected chi connectivity index (χ2v) is 4.94. The summed E-state index contributed by atoms with van der Waals surface area (Å²) in [6.45, 7) is 1.05. The Morgan fingerprint density at radius 1 is 1.29 bits per heavy atom. The van der Waals surface area contributed by atoms with Gasteiger partial charge in [-0.05, 0) is 30.3 Å². The predicted molar refractivity (Wildman–Crippen MR) is 81.5 cm³/mol. The summed E-state index contributed by atoms with van der Waals surface area (Å²) in [4.78, 5) is 11.2. The van der Waals surface area contributed by atoms with Crippen molar-refractivity contribution in [1.82, 2.24) is 10.2 Å². The van der Waals surface area contributed by atoms with E-state index in [-0.39, 0.29) is 5.69 Å². The van der Waals surface area contributed by atoms with Gasteiger partial charge in [-0.2, -0.15) is 0 Å². The van der Waals surface area contributed by atoms with Gasteiger partial charge in [-0.15, -0.1) is 10.2 Å². The fourth-order valence-electron chi connectivity index (χ4n) is 1.54. The van der Waals surface area contributed by atoms with Gasteiger partial charge in [0.1, 0.15) is 18.2 Å². The number of esters is 1. The van der Waals surface area contributed by atoms with Crippen LogP contribution in [0.25, 0.3) is 0 Å².